The van der Waals surface area contributed by atoms with E-state index in [2.05, 4.69) is 29.8 Å². The van der Waals surface area contributed by atoms with Crippen LogP contribution in [0.3, 0.4) is 0 Å². The maximum atomic E-state index is 12.0. The van der Waals surface area contributed by atoms with Gasteiger partial charge in [0.1, 0.15) is 0 Å². The third-order valence-electron chi connectivity index (χ3n) is 4.04. The van der Waals surface area contributed by atoms with E-state index in [0.717, 1.165) is 5.69 Å². The molecule has 4 N–H and O–H groups in total. The van der Waals surface area contributed by atoms with E-state index in [9.17, 15) is 9.59 Å². The minimum Gasteiger partial charge on any atom is -0.394 e. The van der Waals surface area contributed by atoms with Crippen molar-refractivity contribution in [3.8, 4) is 0 Å². The molecule has 134 valence electrons. The van der Waals surface area contributed by atoms with Crippen LogP contribution >= 0.6 is 0 Å². The van der Waals surface area contributed by atoms with Crippen LogP contribution in [0.4, 0.5) is 5.69 Å². The normalized spacial score (nSPS) is 13.2. The van der Waals surface area contributed by atoms with Crippen LogP contribution in [0.25, 0.3) is 0 Å². The fourth-order valence-corrected chi connectivity index (χ4v) is 1.94. The molecular weight excluding hydrogens is 306 g/mol. The first kappa shape index (κ1) is 20.0. The zero-order valence-corrected chi connectivity index (χ0v) is 14.9. The largest absolute Gasteiger partial charge is 0.394 e. The third-order valence-corrected chi connectivity index (χ3v) is 4.04. The van der Waals surface area contributed by atoms with E-state index in [4.69, 9.17) is 5.11 Å². The number of hydrogen-bond acceptors (Lipinski definition) is 4. The lowest BCUT2D eigenvalue weighted by Gasteiger charge is -2.18. The number of hydrogen-bond donors (Lipinski definition) is 4. The van der Waals surface area contributed by atoms with E-state index < -0.39 is 0 Å². The van der Waals surface area contributed by atoms with Gasteiger partial charge in [0.15, 0.2) is 0 Å². The van der Waals surface area contributed by atoms with Gasteiger partial charge in [-0.1, -0.05) is 20.8 Å². The Kier molecular flexibility index (Phi) is 8.26. The zero-order chi connectivity index (χ0) is 18.1. The molecule has 0 saturated heterocycles. The molecule has 6 nitrogen and oxygen atoms in total. The Morgan fingerprint density at radius 2 is 1.71 bits per heavy atom. The molecule has 0 aliphatic rings. The highest BCUT2D eigenvalue weighted by atomic mass is 16.3. The van der Waals surface area contributed by atoms with Crippen molar-refractivity contribution in [1.82, 2.24) is 10.6 Å². The summed E-state index contributed by atoms with van der Waals surface area (Å²) in [5.41, 5.74) is 1.29. The van der Waals surface area contributed by atoms with Crippen molar-refractivity contribution in [1.29, 1.82) is 0 Å². The van der Waals surface area contributed by atoms with Crippen LogP contribution in [0, 0.1) is 5.92 Å². The van der Waals surface area contributed by atoms with Crippen LogP contribution in [0.5, 0.6) is 0 Å². The van der Waals surface area contributed by atoms with Gasteiger partial charge in [-0.25, -0.2) is 0 Å². The van der Waals surface area contributed by atoms with E-state index in [1.807, 2.05) is 13.8 Å². The summed E-state index contributed by atoms with van der Waals surface area (Å²) in [4.78, 5) is 23.9. The quantitative estimate of drug-likeness (QED) is 0.553. The minimum absolute atomic E-state index is 0.0632. The van der Waals surface area contributed by atoms with E-state index in [1.165, 1.54) is 0 Å². The van der Waals surface area contributed by atoms with E-state index in [0.29, 0.717) is 17.9 Å². The van der Waals surface area contributed by atoms with Crippen LogP contribution in [-0.4, -0.2) is 42.2 Å². The molecule has 6 heteroatoms. The fraction of sp³-hybridized carbons (Fsp3) is 0.556. The van der Waals surface area contributed by atoms with Crippen molar-refractivity contribution in [2.45, 2.75) is 46.2 Å². The number of nitrogens with one attached hydrogen (secondary N) is 3. The summed E-state index contributed by atoms with van der Waals surface area (Å²) in [6.45, 7) is 8.10. The van der Waals surface area contributed by atoms with Crippen molar-refractivity contribution in [2.24, 2.45) is 5.92 Å². The Morgan fingerprint density at radius 3 is 2.21 bits per heavy atom. The molecule has 0 heterocycles. The Labute approximate surface area is 144 Å². The second-order valence-electron chi connectivity index (χ2n) is 6.29. The highest BCUT2D eigenvalue weighted by molar-refractivity contribution is 5.94. The summed E-state index contributed by atoms with van der Waals surface area (Å²) in [6.07, 6.45) is 0.672. The highest BCUT2D eigenvalue weighted by Crippen LogP contribution is 2.10. The summed E-state index contributed by atoms with van der Waals surface area (Å²) in [7, 11) is 0. The van der Waals surface area contributed by atoms with Gasteiger partial charge in [0.25, 0.3) is 5.91 Å². The van der Waals surface area contributed by atoms with Gasteiger partial charge in [0.05, 0.1) is 19.2 Å². The number of anilines is 1. The molecule has 0 unspecified atom stereocenters. The average Bonchev–Trinajstić information content (AvgIpc) is 2.57. The van der Waals surface area contributed by atoms with Gasteiger partial charge in [-0.15, -0.1) is 0 Å². The van der Waals surface area contributed by atoms with Gasteiger partial charge in [-0.2, -0.15) is 0 Å². The molecule has 0 aromatic heterocycles. The molecule has 0 radical (unpaired) electrons. The van der Waals surface area contributed by atoms with Gasteiger partial charge in [-0.3, -0.25) is 9.59 Å². The van der Waals surface area contributed by atoms with Gasteiger partial charge >= 0.3 is 0 Å². The smallest absolute Gasteiger partial charge is 0.251 e. The molecule has 0 bridgehead atoms. The van der Waals surface area contributed by atoms with Crippen molar-refractivity contribution in [3.05, 3.63) is 29.8 Å². The molecule has 0 fully saturated rings. The number of rotatable bonds is 9. The maximum absolute atomic E-state index is 12.0. The minimum atomic E-state index is -0.234. The van der Waals surface area contributed by atoms with Crippen molar-refractivity contribution in [3.63, 3.8) is 0 Å². The van der Waals surface area contributed by atoms with Crippen LogP contribution < -0.4 is 16.0 Å². The first-order valence-electron chi connectivity index (χ1n) is 8.42. The molecule has 0 aliphatic carbocycles. The SMILES string of the molecule is CC[C@@H](CO)NC(=O)c1ccc(NCC(=O)N[C@@H](C)C(C)C)cc1. The van der Waals surface area contributed by atoms with E-state index in [1.54, 1.807) is 24.3 Å². The van der Waals surface area contributed by atoms with Gasteiger partial charge in [-0.05, 0) is 43.5 Å². The number of carbonyl (C=O) groups is 2. The first-order chi connectivity index (χ1) is 11.4. The monoisotopic (exact) mass is 335 g/mol. The summed E-state index contributed by atoms with van der Waals surface area (Å²) in [6, 6.07) is 6.79. The molecule has 0 aliphatic heterocycles. The number of benzene rings is 1. The van der Waals surface area contributed by atoms with Crippen LogP contribution in [-0.2, 0) is 4.79 Å². The Balaban J connectivity index is 2.50. The second-order valence-corrected chi connectivity index (χ2v) is 6.29. The molecule has 1 rings (SSSR count). The lowest BCUT2D eigenvalue weighted by Crippen LogP contribution is -2.39. The summed E-state index contributed by atoms with van der Waals surface area (Å²) >= 11 is 0. The summed E-state index contributed by atoms with van der Waals surface area (Å²) in [5, 5.41) is 17.8. The van der Waals surface area contributed by atoms with Gasteiger partial charge < -0.3 is 21.1 Å². The van der Waals surface area contributed by atoms with Crippen LogP contribution in [0.2, 0.25) is 0 Å². The van der Waals surface area contributed by atoms with Gasteiger partial charge in [0.2, 0.25) is 5.91 Å². The first-order valence-corrected chi connectivity index (χ1v) is 8.42. The third kappa shape index (κ3) is 6.58. The van der Waals surface area contributed by atoms with Crippen LogP contribution in [0.15, 0.2) is 24.3 Å². The van der Waals surface area contributed by atoms with Crippen molar-refractivity contribution >= 4 is 17.5 Å². The zero-order valence-electron chi connectivity index (χ0n) is 14.9. The maximum Gasteiger partial charge on any atom is 0.251 e. The molecule has 1 aromatic rings. The van der Waals surface area contributed by atoms with E-state index >= 15 is 0 Å². The summed E-state index contributed by atoms with van der Waals surface area (Å²) < 4.78 is 0. The number of amides is 2. The summed E-state index contributed by atoms with van der Waals surface area (Å²) in [5.74, 6) is 0.107. The topological polar surface area (TPSA) is 90.5 Å². The molecule has 0 saturated carbocycles. The molecule has 2 amide bonds. The Bertz CT molecular complexity index is 525. The fourth-order valence-electron chi connectivity index (χ4n) is 1.94. The average molecular weight is 335 g/mol. The molecule has 24 heavy (non-hydrogen) atoms. The lowest BCUT2D eigenvalue weighted by molar-refractivity contribution is -0.120. The number of aliphatic hydroxyl groups excluding tert-OH is 1. The number of aliphatic hydroxyl groups is 1. The lowest BCUT2D eigenvalue weighted by atomic mass is 10.1. The Hall–Kier alpha value is -2.08. The second kappa shape index (κ2) is 9.93. The molecule has 2 atom stereocenters. The van der Waals surface area contributed by atoms with Gasteiger partial charge in [0, 0.05) is 17.3 Å². The molecule has 1 aromatic carbocycles. The predicted octanol–water partition coefficient (Wildman–Crippen LogP) is 1.76. The van der Waals surface area contributed by atoms with E-state index in [-0.39, 0.29) is 37.0 Å². The van der Waals surface area contributed by atoms with Crippen molar-refractivity contribution in [2.75, 3.05) is 18.5 Å². The standard InChI is InChI=1S/C18H29N3O3/c1-5-15(11-22)21-18(24)14-6-8-16(9-7-14)19-10-17(23)20-13(4)12(2)3/h6-9,12-13,15,19,22H,5,10-11H2,1-4H3,(H,20,23)(H,21,24)/t13-,15-/m0/s1. The number of carbonyl (C=O) groups excluding carboxylic acids is 2. The van der Waals surface area contributed by atoms with Crippen molar-refractivity contribution < 1.29 is 14.7 Å². The molecular formula is C18H29N3O3. The Morgan fingerprint density at radius 1 is 1.08 bits per heavy atom. The predicted molar refractivity (Wildman–Crippen MR) is 96.0 cm³/mol. The highest BCUT2D eigenvalue weighted by Gasteiger charge is 2.12. The van der Waals surface area contributed by atoms with Crippen LogP contribution in [0.1, 0.15) is 44.5 Å². The molecule has 0 spiro atoms.